The van der Waals surface area contributed by atoms with Crippen molar-refractivity contribution in [1.82, 2.24) is 5.32 Å². The van der Waals surface area contributed by atoms with Crippen molar-refractivity contribution in [2.45, 2.75) is 31.7 Å². The van der Waals surface area contributed by atoms with Crippen molar-refractivity contribution >= 4 is 5.91 Å². The molecule has 0 aliphatic heterocycles. The molecule has 3 nitrogen and oxygen atoms in total. The van der Waals surface area contributed by atoms with Gasteiger partial charge in [-0.05, 0) is 25.0 Å². The molecule has 1 saturated carbocycles. The number of rotatable bonds is 2. The van der Waals surface area contributed by atoms with Crippen LogP contribution in [0.3, 0.4) is 0 Å². The van der Waals surface area contributed by atoms with Crippen molar-refractivity contribution < 1.29 is 4.79 Å². The Morgan fingerprint density at radius 3 is 2.65 bits per heavy atom. The second-order valence-electron chi connectivity index (χ2n) is 4.47. The number of hydrogen-bond donors (Lipinski definition) is 1. The quantitative estimate of drug-likeness (QED) is 0.845. The van der Waals surface area contributed by atoms with Gasteiger partial charge < -0.3 is 5.32 Å². The average Bonchev–Trinajstić information content (AvgIpc) is 2.40. The molecule has 1 aliphatic carbocycles. The summed E-state index contributed by atoms with van der Waals surface area (Å²) in [6, 6.07) is 11.5. The van der Waals surface area contributed by atoms with Crippen LogP contribution in [0.25, 0.3) is 0 Å². The van der Waals surface area contributed by atoms with E-state index in [4.69, 9.17) is 5.26 Å². The highest BCUT2D eigenvalue weighted by Crippen LogP contribution is 2.23. The van der Waals surface area contributed by atoms with Crippen molar-refractivity contribution in [3.8, 4) is 6.07 Å². The number of nitrogens with zero attached hydrogens (tertiary/aromatic N) is 1. The number of amides is 1. The maximum Gasteiger partial charge on any atom is 0.251 e. The molecule has 0 bridgehead atoms. The molecule has 0 heterocycles. The van der Waals surface area contributed by atoms with E-state index in [0.717, 1.165) is 25.7 Å². The SMILES string of the molecule is N#C[C@@H]1CCCC[C@H]1NC(=O)c1ccccc1. The summed E-state index contributed by atoms with van der Waals surface area (Å²) in [7, 11) is 0. The number of nitriles is 1. The monoisotopic (exact) mass is 228 g/mol. The molecule has 0 unspecified atom stereocenters. The maximum absolute atomic E-state index is 12.0. The Morgan fingerprint density at radius 1 is 1.24 bits per heavy atom. The molecule has 1 amide bonds. The molecule has 1 aromatic rings. The topological polar surface area (TPSA) is 52.9 Å². The lowest BCUT2D eigenvalue weighted by Crippen LogP contribution is -2.41. The Bertz CT molecular complexity index is 422. The van der Waals surface area contributed by atoms with E-state index in [1.54, 1.807) is 12.1 Å². The maximum atomic E-state index is 12.0. The van der Waals surface area contributed by atoms with E-state index in [9.17, 15) is 4.79 Å². The first kappa shape index (κ1) is 11.7. The molecule has 1 aliphatic rings. The first-order valence-electron chi connectivity index (χ1n) is 6.07. The highest BCUT2D eigenvalue weighted by Gasteiger charge is 2.26. The van der Waals surface area contributed by atoms with Crippen LogP contribution in [0, 0.1) is 17.2 Å². The molecular weight excluding hydrogens is 212 g/mol. The Kier molecular flexibility index (Phi) is 3.77. The van der Waals surface area contributed by atoms with E-state index < -0.39 is 0 Å². The summed E-state index contributed by atoms with van der Waals surface area (Å²) in [6.07, 6.45) is 4.00. The van der Waals surface area contributed by atoms with E-state index in [2.05, 4.69) is 11.4 Å². The molecule has 0 saturated heterocycles. The zero-order chi connectivity index (χ0) is 12.1. The molecule has 1 fully saturated rings. The summed E-state index contributed by atoms with van der Waals surface area (Å²) in [4.78, 5) is 12.0. The summed E-state index contributed by atoms with van der Waals surface area (Å²) < 4.78 is 0. The van der Waals surface area contributed by atoms with Crippen molar-refractivity contribution in [2.75, 3.05) is 0 Å². The first-order valence-corrected chi connectivity index (χ1v) is 6.07. The van der Waals surface area contributed by atoms with E-state index in [-0.39, 0.29) is 17.9 Å². The average molecular weight is 228 g/mol. The van der Waals surface area contributed by atoms with Gasteiger partial charge in [-0.15, -0.1) is 0 Å². The van der Waals surface area contributed by atoms with Crippen LogP contribution < -0.4 is 5.32 Å². The van der Waals surface area contributed by atoms with Gasteiger partial charge in [0.05, 0.1) is 12.0 Å². The van der Waals surface area contributed by atoms with Crippen LogP contribution in [0.4, 0.5) is 0 Å². The standard InChI is InChI=1S/C14H16N2O/c15-10-12-8-4-5-9-13(12)16-14(17)11-6-2-1-3-7-11/h1-3,6-7,12-13H,4-5,8-9H2,(H,16,17)/t12-,13+/m0/s1. The minimum atomic E-state index is -0.0715. The summed E-state index contributed by atoms with van der Waals surface area (Å²) in [5.74, 6) is -0.103. The molecule has 2 atom stereocenters. The Hall–Kier alpha value is -1.82. The minimum Gasteiger partial charge on any atom is -0.348 e. The third-order valence-electron chi connectivity index (χ3n) is 3.28. The van der Waals surface area contributed by atoms with Crippen molar-refractivity contribution in [2.24, 2.45) is 5.92 Å². The predicted octanol–water partition coefficient (Wildman–Crippen LogP) is 2.50. The first-order chi connectivity index (χ1) is 8.31. The van der Waals surface area contributed by atoms with Crippen LogP contribution in [0.15, 0.2) is 30.3 Å². The molecule has 88 valence electrons. The molecule has 0 aromatic heterocycles. The Labute approximate surface area is 101 Å². The summed E-state index contributed by atoms with van der Waals surface area (Å²) in [5.41, 5.74) is 0.662. The lowest BCUT2D eigenvalue weighted by molar-refractivity contribution is 0.0917. The van der Waals surface area contributed by atoms with Crippen molar-refractivity contribution in [1.29, 1.82) is 5.26 Å². The second-order valence-corrected chi connectivity index (χ2v) is 4.47. The van der Waals surface area contributed by atoms with E-state index in [0.29, 0.717) is 5.56 Å². The van der Waals surface area contributed by atoms with Gasteiger partial charge in [-0.25, -0.2) is 0 Å². The van der Waals surface area contributed by atoms with Crippen LogP contribution in [0.5, 0.6) is 0 Å². The Balaban J connectivity index is 2.01. The molecular formula is C14H16N2O. The fourth-order valence-corrected chi connectivity index (χ4v) is 2.30. The van der Waals surface area contributed by atoms with Crippen molar-refractivity contribution in [3.63, 3.8) is 0 Å². The van der Waals surface area contributed by atoms with Gasteiger partial charge >= 0.3 is 0 Å². The minimum absolute atomic E-state index is 0.0152. The van der Waals surface area contributed by atoms with Gasteiger partial charge in [-0.2, -0.15) is 5.26 Å². The number of hydrogen-bond acceptors (Lipinski definition) is 2. The largest absolute Gasteiger partial charge is 0.348 e. The smallest absolute Gasteiger partial charge is 0.251 e. The van der Waals surface area contributed by atoms with E-state index in [1.165, 1.54) is 0 Å². The molecule has 2 rings (SSSR count). The van der Waals surface area contributed by atoms with Gasteiger partial charge in [0.1, 0.15) is 0 Å². The Morgan fingerprint density at radius 2 is 1.94 bits per heavy atom. The van der Waals surface area contributed by atoms with E-state index >= 15 is 0 Å². The fourth-order valence-electron chi connectivity index (χ4n) is 2.30. The van der Waals surface area contributed by atoms with Crippen LogP contribution >= 0.6 is 0 Å². The summed E-state index contributed by atoms with van der Waals surface area (Å²) in [6.45, 7) is 0. The van der Waals surface area contributed by atoms with Crippen LogP contribution in [0.1, 0.15) is 36.0 Å². The van der Waals surface area contributed by atoms with Gasteiger partial charge in [-0.3, -0.25) is 4.79 Å². The van der Waals surface area contributed by atoms with Crippen LogP contribution in [-0.2, 0) is 0 Å². The molecule has 3 heteroatoms. The lowest BCUT2D eigenvalue weighted by atomic mass is 9.85. The van der Waals surface area contributed by atoms with Gasteiger partial charge in [0.25, 0.3) is 5.91 Å². The van der Waals surface area contributed by atoms with Crippen molar-refractivity contribution in [3.05, 3.63) is 35.9 Å². The third-order valence-corrected chi connectivity index (χ3v) is 3.28. The second kappa shape index (κ2) is 5.49. The third kappa shape index (κ3) is 2.85. The van der Waals surface area contributed by atoms with E-state index in [1.807, 2.05) is 18.2 Å². The number of nitrogens with one attached hydrogen (secondary N) is 1. The summed E-state index contributed by atoms with van der Waals surface area (Å²) >= 11 is 0. The number of carbonyl (C=O) groups is 1. The molecule has 1 N–H and O–H groups in total. The van der Waals surface area contributed by atoms with Gasteiger partial charge in [0, 0.05) is 11.6 Å². The zero-order valence-corrected chi connectivity index (χ0v) is 9.73. The van der Waals surface area contributed by atoms with Crippen LogP contribution in [0.2, 0.25) is 0 Å². The highest BCUT2D eigenvalue weighted by molar-refractivity contribution is 5.94. The zero-order valence-electron chi connectivity index (χ0n) is 9.73. The molecule has 0 radical (unpaired) electrons. The normalized spacial score (nSPS) is 23.7. The molecule has 0 spiro atoms. The molecule has 1 aromatic carbocycles. The number of benzene rings is 1. The predicted molar refractivity (Wildman–Crippen MR) is 65.3 cm³/mol. The van der Waals surface area contributed by atoms with Gasteiger partial charge in [0.15, 0.2) is 0 Å². The molecule has 17 heavy (non-hydrogen) atoms. The lowest BCUT2D eigenvalue weighted by Gasteiger charge is -2.27. The highest BCUT2D eigenvalue weighted by atomic mass is 16.1. The van der Waals surface area contributed by atoms with Gasteiger partial charge in [-0.1, -0.05) is 31.0 Å². The summed E-state index contributed by atoms with van der Waals surface area (Å²) in [5, 5.41) is 12.0. The fraction of sp³-hybridized carbons (Fsp3) is 0.429. The van der Waals surface area contributed by atoms with Crippen LogP contribution in [-0.4, -0.2) is 11.9 Å². The number of carbonyl (C=O) groups excluding carboxylic acids is 1. The van der Waals surface area contributed by atoms with Gasteiger partial charge in [0.2, 0.25) is 0 Å².